The van der Waals surface area contributed by atoms with Crippen LogP contribution in [0.25, 0.3) is 0 Å². The van der Waals surface area contributed by atoms with Crippen molar-refractivity contribution in [2.75, 3.05) is 26.8 Å². The van der Waals surface area contributed by atoms with Crippen molar-refractivity contribution in [2.24, 2.45) is 0 Å². The molecule has 2 heterocycles. The number of urea groups is 1. The molecule has 0 radical (unpaired) electrons. The van der Waals surface area contributed by atoms with Crippen LogP contribution in [0.1, 0.15) is 18.5 Å². The number of imide groups is 1. The molecule has 0 spiro atoms. The first kappa shape index (κ1) is 13.5. The Hall–Kier alpha value is -1.89. The van der Waals surface area contributed by atoms with Crippen LogP contribution in [0.2, 0.25) is 0 Å². The molecule has 1 fully saturated rings. The molecule has 0 bridgehead atoms. The molecule has 7 heteroatoms. The summed E-state index contributed by atoms with van der Waals surface area (Å²) in [7, 11) is 1.63. The number of methoxy groups -OCH3 is 1. The Morgan fingerprint density at radius 2 is 2.32 bits per heavy atom. The number of hydrogen-bond donors (Lipinski definition) is 1. The Morgan fingerprint density at radius 1 is 1.47 bits per heavy atom. The zero-order valence-electron chi connectivity index (χ0n) is 11.0. The second-order valence-electron chi connectivity index (χ2n) is 4.43. The van der Waals surface area contributed by atoms with Gasteiger partial charge < -0.3 is 9.64 Å². The fourth-order valence-corrected chi connectivity index (χ4v) is 2.04. The van der Waals surface area contributed by atoms with Crippen LogP contribution >= 0.6 is 0 Å². The van der Waals surface area contributed by atoms with E-state index >= 15 is 0 Å². The van der Waals surface area contributed by atoms with Crippen LogP contribution in [-0.4, -0.2) is 58.7 Å². The van der Waals surface area contributed by atoms with Crippen molar-refractivity contribution in [3.8, 4) is 0 Å². The van der Waals surface area contributed by atoms with E-state index in [9.17, 15) is 9.59 Å². The zero-order chi connectivity index (χ0) is 13.7. The highest BCUT2D eigenvalue weighted by Gasteiger charge is 2.31. The van der Waals surface area contributed by atoms with E-state index in [-0.39, 0.29) is 18.5 Å². The molecule has 104 valence electrons. The maximum absolute atomic E-state index is 12.2. The van der Waals surface area contributed by atoms with Gasteiger partial charge in [-0.3, -0.25) is 14.8 Å². The summed E-state index contributed by atoms with van der Waals surface area (Å²) in [5.41, 5.74) is 0.750. The molecular weight excluding hydrogens is 248 g/mol. The molecule has 1 aliphatic heterocycles. The number of aromatic amines is 1. The Kier molecular flexibility index (Phi) is 4.51. The fraction of sp³-hybridized carbons (Fsp3) is 0.583. The van der Waals surface area contributed by atoms with Crippen LogP contribution < -0.4 is 0 Å². The van der Waals surface area contributed by atoms with E-state index in [1.54, 1.807) is 24.3 Å². The molecule has 1 N–H and O–H groups in total. The normalized spacial score (nSPS) is 16.3. The number of aromatic nitrogens is 2. The molecule has 0 aromatic carbocycles. The number of ether oxygens (including phenoxy) is 1. The van der Waals surface area contributed by atoms with Crippen LogP contribution in [0.3, 0.4) is 0 Å². The van der Waals surface area contributed by atoms with Crippen molar-refractivity contribution in [1.29, 1.82) is 0 Å². The third-order valence-electron chi connectivity index (χ3n) is 3.06. The smallest absolute Gasteiger partial charge is 0.327 e. The van der Waals surface area contributed by atoms with E-state index in [4.69, 9.17) is 4.74 Å². The van der Waals surface area contributed by atoms with Gasteiger partial charge in [0.1, 0.15) is 0 Å². The van der Waals surface area contributed by atoms with E-state index in [1.807, 2.05) is 0 Å². The standard InChI is InChI=1S/C12H18N4O3/c1-19-8-2-6-15-7-4-11(17)16(12(15)18)9-10-3-5-13-14-10/h3,5H,2,4,6-9H2,1H3,(H,13,14). The van der Waals surface area contributed by atoms with Gasteiger partial charge in [-0.2, -0.15) is 5.10 Å². The molecule has 1 aromatic heterocycles. The van der Waals surface area contributed by atoms with Crippen LogP contribution in [0.4, 0.5) is 4.79 Å². The average Bonchev–Trinajstić information content (AvgIpc) is 2.90. The van der Waals surface area contributed by atoms with Crippen molar-refractivity contribution in [2.45, 2.75) is 19.4 Å². The number of H-pyrrole nitrogens is 1. The molecule has 1 aromatic rings. The highest BCUT2D eigenvalue weighted by Crippen LogP contribution is 2.14. The number of rotatable bonds is 6. The number of nitrogens with one attached hydrogen (secondary N) is 1. The fourth-order valence-electron chi connectivity index (χ4n) is 2.04. The molecule has 7 nitrogen and oxygen atoms in total. The van der Waals surface area contributed by atoms with Gasteiger partial charge in [-0.25, -0.2) is 4.79 Å². The lowest BCUT2D eigenvalue weighted by atomic mass is 10.2. The monoisotopic (exact) mass is 266 g/mol. The van der Waals surface area contributed by atoms with E-state index in [2.05, 4.69) is 10.2 Å². The highest BCUT2D eigenvalue weighted by atomic mass is 16.5. The lowest BCUT2D eigenvalue weighted by Gasteiger charge is -2.33. The van der Waals surface area contributed by atoms with Crippen molar-refractivity contribution in [1.82, 2.24) is 20.0 Å². The minimum atomic E-state index is -0.234. The Labute approximate surface area is 111 Å². The van der Waals surface area contributed by atoms with Crippen LogP contribution in [0.5, 0.6) is 0 Å². The molecule has 0 saturated carbocycles. The highest BCUT2D eigenvalue weighted by molar-refractivity contribution is 5.96. The SMILES string of the molecule is COCCCN1CCC(=O)N(Cc2ccn[nH]2)C1=O. The topological polar surface area (TPSA) is 78.5 Å². The van der Waals surface area contributed by atoms with Gasteiger partial charge in [0, 0.05) is 39.4 Å². The summed E-state index contributed by atoms with van der Waals surface area (Å²) in [5.74, 6) is -0.136. The Morgan fingerprint density at radius 3 is 3.00 bits per heavy atom. The van der Waals surface area contributed by atoms with Gasteiger partial charge in [0.05, 0.1) is 12.2 Å². The van der Waals surface area contributed by atoms with E-state index < -0.39 is 0 Å². The Bertz CT molecular complexity index is 432. The third kappa shape index (κ3) is 3.31. The lowest BCUT2D eigenvalue weighted by Crippen LogP contribution is -2.52. The van der Waals surface area contributed by atoms with Gasteiger partial charge in [-0.05, 0) is 12.5 Å². The van der Waals surface area contributed by atoms with Crippen LogP contribution in [0.15, 0.2) is 12.3 Å². The molecule has 0 atom stereocenters. The van der Waals surface area contributed by atoms with Crippen molar-refractivity contribution in [3.05, 3.63) is 18.0 Å². The first-order valence-corrected chi connectivity index (χ1v) is 6.29. The molecular formula is C12H18N4O3. The summed E-state index contributed by atoms with van der Waals surface area (Å²) in [6.07, 6.45) is 2.74. The summed E-state index contributed by atoms with van der Waals surface area (Å²) < 4.78 is 4.97. The van der Waals surface area contributed by atoms with Gasteiger partial charge in [0.15, 0.2) is 0 Å². The largest absolute Gasteiger partial charge is 0.385 e. The second kappa shape index (κ2) is 6.33. The number of nitrogens with zero attached hydrogens (tertiary/aromatic N) is 3. The summed E-state index contributed by atoms with van der Waals surface area (Å²) in [6, 6.07) is 1.52. The third-order valence-corrected chi connectivity index (χ3v) is 3.06. The van der Waals surface area contributed by atoms with Crippen molar-refractivity contribution >= 4 is 11.9 Å². The summed E-state index contributed by atoms with van der Waals surface area (Å²) in [5, 5.41) is 6.57. The Balaban J connectivity index is 1.96. The first-order chi connectivity index (χ1) is 9.22. The number of carbonyl (C=O) groups is 2. The molecule has 1 aliphatic rings. The molecule has 2 rings (SSSR count). The van der Waals surface area contributed by atoms with Crippen LogP contribution in [-0.2, 0) is 16.1 Å². The predicted molar refractivity (Wildman–Crippen MR) is 67.2 cm³/mol. The van der Waals surface area contributed by atoms with Gasteiger partial charge in [0.25, 0.3) is 0 Å². The van der Waals surface area contributed by atoms with E-state index in [0.717, 1.165) is 12.1 Å². The zero-order valence-corrected chi connectivity index (χ0v) is 11.0. The summed E-state index contributed by atoms with van der Waals surface area (Å²) in [4.78, 5) is 27.0. The lowest BCUT2D eigenvalue weighted by molar-refractivity contribution is -0.131. The maximum atomic E-state index is 12.2. The maximum Gasteiger partial charge on any atom is 0.327 e. The average molecular weight is 266 g/mol. The molecule has 19 heavy (non-hydrogen) atoms. The molecule has 1 saturated heterocycles. The minimum Gasteiger partial charge on any atom is -0.385 e. The van der Waals surface area contributed by atoms with E-state index in [1.165, 1.54) is 4.90 Å². The first-order valence-electron chi connectivity index (χ1n) is 6.29. The van der Waals surface area contributed by atoms with Crippen LogP contribution in [0, 0.1) is 0 Å². The van der Waals surface area contributed by atoms with Crippen molar-refractivity contribution in [3.63, 3.8) is 0 Å². The summed E-state index contributed by atoms with van der Waals surface area (Å²) in [6.45, 7) is 1.96. The van der Waals surface area contributed by atoms with E-state index in [0.29, 0.717) is 26.1 Å². The van der Waals surface area contributed by atoms with Gasteiger partial charge in [-0.15, -0.1) is 0 Å². The predicted octanol–water partition coefficient (Wildman–Crippen LogP) is 0.600. The van der Waals surface area contributed by atoms with Gasteiger partial charge >= 0.3 is 6.03 Å². The number of carbonyl (C=O) groups excluding carboxylic acids is 2. The summed E-state index contributed by atoms with van der Waals surface area (Å²) >= 11 is 0. The number of amides is 3. The number of hydrogen-bond acceptors (Lipinski definition) is 4. The van der Waals surface area contributed by atoms with Crippen molar-refractivity contribution < 1.29 is 14.3 Å². The molecule has 3 amide bonds. The quantitative estimate of drug-likeness (QED) is 0.765. The van der Waals surface area contributed by atoms with Gasteiger partial charge in [0.2, 0.25) is 5.91 Å². The minimum absolute atomic E-state index is 0.136. The second-order valence-corrected chi connectivity index (χ2v) is 4.43. The molecule has 0 unspecified atom stereocenters. The molecule has 0 aliphatic carbocycles. The van der Waals surface area contributed by atoms with Gasteiger partial charge in [-0.1, -0.05) is 0 Å².